The van der Waals surface area contributed by atoms with E-state index in [1.165, 1.54) is 0 Å². The Hall–Kier alpha value is -1.44. The molecule has 0 radical (unpaired) electrons. The Balaban J connectivity index is 4.52. The third-order valence-electron chi connectivity index (χ3n) is 1.25. The fraction of sp³-hybridized carbons (Fsp3) is 0.750. The number of hydrogen-bond acceptors (Lipinski definition) is 6. The third kappa shape index (κ3) is 2.82. The summed E-state index contributed by atoms with van der Waals surface area (Å²) in [4.78, 5) is 28.1. The van der Waals surface area contributed by atoms with E-state index < -0.39 is 27.5 Å². The third-order valence-corrected chi connectivity index (χ3v) is 1.35. The van der Waals surface area contributed by atoms with Crippen LogP contribution in [0.15, 0.2) is 0 Å². The van der Waals surface area contributed by atoms with Crippen molar-refractivity contribution in [2.75, 3.05) is 6.61 Å². The van der Waals surface area contributed by atoms with E-state index in [4.69, 9.17) is 0 Å². The Labute approximate surface area is 76.7 Å². The second kappa shape index (κ2) is 3.99. The van der Waals surface area contributed by atoms with Crippen LogP contribution in [0.5, 0.6) is 0 Å². The van der Waals surface area contributed by atoms with Crippen LogP contribution in [0.3, 0.4) is 0 Å². The number of rotatable bonds is 4. The largest absolute Gasteiger partial charge is 0.488 e. The van der Waals surface area contributed by atoms with Crippen molar-refractivity contribution >= 4 is 17.0 Å². The van der Waals surface area contributed by atoms with Crippen molar-refractivity contribution in [3.63, 3.8) is 0 Å². The van der Waals surface area contributed by atoms with Gasteiger partial charge in [0.15, 0.2) is 0 Å². The van der Waals surface area contributed by atoms with Crippen LogP contribution in [-0.2, 0) is 4.74 Å². The first-order valence-corrected chi connectivity index (χ1v) is 3.29. The molecule has 0 spiro atoms. The van der Waals surface area contributed by atoms with Gasteiger partial charge in [0.05, 0.1) is 6.92 Å². The molecule has 0 heterocycles. The van der Waals surface area contributed by atoms with Crippen LogP contribution in [-0.4, -0.2) is 27.5 Å². The number of nitrogens with zero attached hydrogens (tertiary/aromatic N) is 2. The van der Waals surface area contributed by atoms with Crippen molar-refractivity contribution in [1.29, 1.82) is 0 Å². The molecule has 74 valence electrons. The standard InChI is InChI=1S/C4H5ClN2O6/c1-4(6(9)10,7(11)12)2-13-3(5)8/h2H2,1H3. The molecule has 0 unspecified atom stereocenters. The SMILES string of the molecule is CC(COC(=O)Cl)([N+](=O)[O-])[N+](=O)[O-]. The Morgan fingerprint density at radius 1 is 1.46 bits per heavy atom. The molecule has 0 aromatic rings. The Bertz CT molecular complexity index is 239. The maximum absolute atomic E-state index is 10.2. The van der Waals surface area contributed by atoms with E-state index >= 15 is 0 Å². The summed E-state index contributed by atoms with van der Waals surface area (Å²) in [6.07, 6.45) is 0. The van der Waals surface area contributed by atoms with Crippen LogP contribution >= 0.6 is 11.6 Å². The summed E-state index contributed by atoms with van der Waals surface area (Å²) in [5.74, 6) is 0. The first-order chi connectivity index (χ1) is 5.80. The van der Waals surface area contributed by atoms with Crippen LogP contribution in [0.4, 0.5) is 4.79 Å². The lowest BCUT2D eigenvalue weighted by Gasteiger charge is -2.10. The maximum Gasteiger partial charge on any atom is 0.488 e. The fourth-order valence-corrected chi connectivity index (χ4v) is 0.420. The zero-order chi connectivity index (χ0) is 10.6. The normalized spacial score (nSPS) is 10.6. The summed E-state index contributed by atoms with van der Waals surface area (Å²) in [5.41, 5.74) is -3.88. The van der Waals surface area contributed by atoms with Gasteiger partial charge >= 0.3 is 11.1 Å². The van der Waals surface area contributed by atoms with Crippen LogP contribution < -0.4 is 0 Å². The number of halogens is 1. The van der Waals surface area contributed by atoms with Gasteiger partial charge < -0.3 is 4.74 Å². The molecular formula is C4H5ClN2O6. The van der Waals surface area contributed by atoms with E-state index in [1.54, 1.807) is 0 Å². The summed E-state index contributed by atoms with van der Waals surface area (Å²) < 4.78 is 3.97. The number of carbonyl (C=O) groups is 1. The number of carbonyl (C=O) groups excluding carboxylic acids is 1. The summed E-state index contributed by atoms with van der Waals surface area (Å²) in [6.45, 7) is -0.290. The fourth-order valence-electron chi connectivity index (χ4n) is 0.366. The molecule has 0 saturated heterocycles. The second-order valence-corrected chi connectivity index (χ2v) is 2.57. The lowest BCUT2D eigenvalue weighted by atomic mass is 10.2. The highest BCUT2D eigenvalue weighted by molar-refractivity contribution is 6.61. The van der Waals surface area contributed by atoms with E-state index in [0.29, 0.717) is 6.92 Å². The minimum atomic E-state index is -2.55. The molecule has 0 aliphatic rings. The van der Waals surface area contributed by atoms with E-state index in [0.717, 1.165) is 0 Å². The van der Waals surface area contributed by atoms with Gasteiger partial charge in [-0.05, 0) is 0 Å². The second-order valence-electron chi connectivity index (χ2n) is 2.26. The van der Waals surface area contributed by atoms with Crippen LogP contribution in [0.2, 0.25) is 0 Å². The van der Waals surface area contributed by atoms with Gasteiger partial charge in [-0.25, -0.2) is 4.79 Å². The summed E-state index contributed by atoms with van der Waals surface area (Å²) in [7, 11) is 0. The molecule has 0 bridgehead atoms. The monoisotopic (exact) mass is 212 g/mol. The van der Waals surface area contributed by atoms with Gasteiger partial charge in [0.25, 0.3) is 0 Å². The van der Waals surface area contributed by atoms with Gasteiger partial charge in [0, 0.05) is 11.6 Å². The predicted octanol–water partition coefficient (Wildman–Crippen LogP) is 0.631. The summed E-state index contributed by atoms with van der Waals surface area (Å²) >= 11 is 4.69. The van der Waals surface area contributed by atoms with Crippen molar-refractivity contribution in [1.82, 2.24) is 0 Å². The summed E-state index contributed by atoms with van der Waals surface area (Å²) in [5, 5.41) is 20.4. The molecule has 0 aliphatic heterocycles. The molecule has 0 saturated carbocycles. The highest BCUT2D eigenvalue weighted by Gasteiger charge is 2.52. The van der Waals surface area contributed by atoms with Gasteiger partial charge in [-0.2, -0.15) is 0 Å². The molecule has 0 aliphatic carbocycles. The van der Waals surface area contributed by atoms with Crippen LogP contribution in [0.25, 0.3) is 0 Å². The first-order valence-electron chi connectivity index (χ1n) is 2.92. The molecule has 0 N–H and O–H groups in total. The molecule has 13 heavy (non-hydrogen) atoms. The van der Waals surface area contributed by atoms with E-state index in [-0.39, 0.29) is 0 Å². The van der Waals surface area contributed by atoms with Crippen molar-refractivity contribution in [2.24, 2.45) is 0 Å². The molecule has 0 amide bonds. The average Bonchev–Trinajstić information content (AvgIpc) is 1.99. The van der Waals surface area contributed by atoms with Gasteiger partial charge in [0.1, 0.15) is 9.85 Å². The lowest BCUT2D eigenvalue weighted by molar-refractivity contribution is -0.793. The van der Waals surface area contributed by atoms with Gasteiger partial charge in [-0.3, -0.25) is 20.2 Å². The lowest BCUT2D eigenvalue weighted by Crippen LogP contribution is -2.47. The molecule has 0 aromatic heterocycles. The summed E-state index contributed by atoms with van der Waals surface area (Å²) in [6, 6.07) is 0. The van der Waals surface area contributed by atoms with E-state index in [2.05, 4.69) is 16.3 Å². The van der Waals surface area contributed by atoms with Crippen LogP contribution in [0.1, 0.15) is 6.92 Å². The zero-order valence-electron chi connectivity index (χ0n) is 6.43. The van der Waals surface area contributed by atoms with Crippen LogP contribution in [0, 0.1) is 20.2 Å². The number of nitro groups is 2. The van der Waals surface area contributed by atoms with Crippen molar-refractivity contribution < 1.29 is 19.4 Å². The van der Waals surface area contributed by atoms with E-state index in [1.807, 2.05) is 0 Å². The van der Waals surface area contributed by atoms with Crippen molar-refractivity contribution in [3.8, 4) is 0 Å². The highest BCUT2D eigenvalue weighted by atomic mass is 35.5. The van der Waals surface area contributed by atoms with Crippen molar-refractivity contribution in [2.45, 2.75) is 12.6 Å². The topological polar surface area (TPSA) is 113 Å². The molecular weight excluding hydrogens is 208 g/mol. The van der Waals surface area contributed by atoms with Gasteiger partial charge in [0.2, 0.25) is 6.61 Å². The van der Waals surface area contributed by atoms with Crippen molar-refractivity contribution in [3.05, 3.63) is 20.2 Å². The highest BCUT2D eigenvalue weighted by Crippen LogP contribution is 2.11. The average molecular weight is 213 g/mol. The molecule has 9 heteroatoms. The quantitative estimate of drug-likeness (QED) is 0.292. The molecule has 0 rings (SSSR count). The Morgan fingerprint density at radius 2 is 1.85 bits per heavy atom. The smallest absolute Gasteiger partial charge is 0.438 e. The Kier molecular flexibility index (Phi) is 3.54. The predicted molar refractivity (Wildman–Crippen MR) is 39.6 cm³/mol. The molecule has 8 nitrogen and oxygen atoms in total. The van der Waals surface area contributed by atoms with E-state index in [9.17, 15) is 25.0 Å². The van der Waals surface area contributed by atoms with Gasteiger partial charge in [-0.1, -0.05) is 0 Å². The number of ether oxygens (including phenoxy) is 1. The minimum Gasteiger partial charge on any atom is -0.438 e. The molecule has 0 atom stereocenters. The molecule has 0 fully saturated rings. The van der Waals surface area contributed by atoms with Gasteiger partial charge in [-0.15, -0.1) is 0 Å². The number of hydrogen-bond donors (Lipinski definition) is 0. The zero-order valence-corrected chi connectivity index (χ0v) is 7.18. The minimum absolute atomic E-state index is 0.715. The molecule has 0 aromatic carbocycles. The first kappa shape index (κ1) is 11.6. The maximum atomic E-state index is 10.2. The Morgan fingerprint density at radius 3 is 2.08 bits per heavy atom.